The van der Waals surface area contributed by atoms with Crippen LogP contribution in [0.15, 0.2) is 78.9 Å². The van der Waals surface area contributed by atoms with E-state index in [1.807, 2.05) is 13.8 Å². The van der Waals surface area contributed by atoms with Crippen LogP contribution < -0.4 is 0 Å². The summed E-state index contributed by atoms with van der Waals surface area (Å²) < 4.78 is 0. The molecule has 5 heteroatoms. The minimum atomic E-state index is -2.47. The van der Waals surface area contributed by atoms with Gasteiger partial charge in [-0.3, -0.25) is 0 Å². The van der Waals surface area contributed by atoms with E-state index in [0.717, 1.165) is 0 Å². The van der Waals surface area contributed by atoms with Gasteiger partial charge in [0.05, 0.1) is 6.10 Å². The molecular weight excluding hydrogens is 404 g/mol. The molecule has 5 N–H and O–H groups in total. The van der Waals surface area contributed by atoms with E-state index in [2.05, 4.69) is 0 Å². The topological polar surface area (TPSA) is 101 Å². The van der Waals surface area contributed by atoms with Crippen LogP contribution in [0, 0.1) is 5.41 Å². The molecule has 0 radical (unpaired) electrons. The molecule has 0 saturated carbocycles. The standard InChI is InChI=1S/C27H32O5/c1-19(28)17-25(2,3)18-20-11-10-16-23(26(29,30)21-12-6-4-7-13-21)24(20)27(31,32)22-14-8-5-9-15-22/h4-16,19,28-32H,17-18H2,1-3H3/t19-/m1/s1. The van der Waals surface area contributed by atoms with Crippen LogP contribution in [0.1, 0.15) is 55.0 Å². The van der Waals surface area contributed by atoms with Crippen molar-refractivity contribution in [1.29, 1.82) is 0 Å². The van der Waals surface area contributed by atoms with Crippen molar-refractivity contribution in [3.8, 4) is 0 Å². The minimum absolute atomic E-state index is 0.0112. The second-order valence-corrected chi connectivity index (χ2v) is 9.31. The summed E-state index contributed by atoms with van der Waals surface area (Å²) in [6, 6.07) is 21.6. The van der Waals surface area contributed by atoms with Crippen LogP contribution >= 0.6 is 0 Å². The maximum atomic E-state index is 11.4. The first-order valence-corrected chi connectivity index (χ1v) is 10.8. The van der Waals surface area contributed by atoms with Crippen LogP contribution in [0.3, 0.4) is 0 Å². The molecule has 3 rings (SSSR count). The molecule has 0 saturated heterocycles. The molecule has 5 nitrogen and oxygen atoms in total. The fourth-order valence-corrected chi connectivity index (χ4v) is 4.48. The summed E-state index contributed by atoms with van der Waals surface area (Å²) in [7, 11) is 0. The van der Waals surface area contributed by atoms with Crippen molar-refractivity contribution in [2.24, 2.45) is 5.41 Å². The van der Waals surface area contributed by atoms with Crippen molar-refractivity contribution in [3.63, 3.8) is 0 Å². The molecule has 1 atom stereocenters. The Hall–Kier alpha value is -2.54. The van der Waals surface area contributed by atoms with Crippen LogP contribution in [0.4, 0.5) is 0 Å². The lowest BCUT2D eigenvalue weighted by molar-refractivity contribution is -0.154. The van der Waals surface area contributed by atoms with E-state index in [-0.39, 0.29) is 27.7 Å². The summed E-state index contributed by atoms with van der Waals surface area (Å²) in [4.78, 5) is 0. The van der Waals surface area contributed by atoms with Gasteiger partial charge in [-0.1, -0.05) is 92.7 Å². The zero-order valence-corrected chi connectivity index (χ0v) is 18.7. The van der Waals surface area contributed by atoms with Gasteiger partial charge in [0.15, 0.2) is 0 Å². The first kappa shape index (κ1) is 24.1. The summed E-state index contributed by atoms with van der Waals surface area (Å²) in [6.45, 7) is 5.68. The van der Waals surface area contributed by atoms with E-state index < -0.39 is 17.7 Å². The highest BCUT2D eigenvalue weighted by molar-refractivity contribution is 5.49. The first-order valence-electron chi connectivity index (χ1n) is 10.8. The lowest BCUT2D eigenvalue weighted by Crippen LogP contribution is -2.37. The summed E-state index contributed by atoms with van der Waals surface area (Å²) in [5.74, 6) is -4.92. The molecule has 3 aromatic carbocycles. The van der Waals surface area contributed by atoms with Gasteiger partial charge in [0, 0.05) is 22.3 Å². The van der Waals surface area contributed by atoms with E-state index in [0.29, 0.717) is 18.4 Å². The van der Waals surface area contributed by atoms with Crippen molar-refractivity contribution in [1.82, 2.24) is 0 Å². The highest BCUT2D eigenvalue weighted by atomic mass is 16.5. The molecule has 0 aliphatic heterocycles. The van der Waals surface area contributed by atoms with Crippen molar-refractivity contribution >= 4 is 0 Å². The molecule has 0 unspecified atom stereocenters. The van der Waals surface area contributed by atoms with Crippen LogP contribution in [-0.4, -0.2) is 31.6 Å². The summed E-state index contributed by atoms with van der Waals surface area (Å²) in [5.41, 5.74) is 0.623. The molecule has 170 valence electrons. The summed E-state index contributed by atoms with van der Waals surface area (Å²) in [6.07, 6.45) is 0.355. The normalized spacial score (nSPS) is 13.8. The Kier molecular flexibility index (Phi) is 6.89. The Bertz CT molecular complexity index is 1020. The van der Waals surface area contributed by atoms with E-state index in [9.17, 15) is 25.5 Å². The predicted molar refractivity (Wildman–Crippen MR) is 124 cm³/mol. The lowest BCUT2D eigenvalue weighted by atomic mass is 9.76. The van der Waals surface area contributed by atoms with E-state index in [4.69, 9.17) is 0 Å². The van der Waals surface area contributed by atoms with Gasteiger partial charge in [0.1, 0.15) is 0 Å². The number of hydrogen-bond acceptors (Lipinski definition) is 5. The van der Waals surface area contributed by atoms with Gasteiger partial charge in [-0.2, -0.15) is 0 Å². The van der Waals surface area contributed by atoms with Crippen LogP contribution in [0.25, 0.3) is 0 Å². The molecule has 0 amide bonds. The molecule has 0 fully saturated rings. The average molecular weight is 437 g/mol. The van der Waals surface area contributed by atoms with Crippen molar-refractivity contribution in [2.75, 3.05) is 0 Å². The summed E-state index contributed by atoms with van der Waals surface area (Å²) in [5, 5.41) is 55.1. The van der Waals surface area contributed by atoms with Gasteiger partial charge >= 0.3 is 0 Å². The van der Waals surface area contributed by atoms with Gasteiger partial charge in [0.2, 0.25) is 11.6 Å². The number of hydrogen-bond donors (Lipinski definition) is 5. The molecule has 0 aliphatic rings. The first-order chi connectivity index (χ1) is 14.9. The van der Waals surface area contributed by atoms with Crippen molar-refractivity contribution in [3.05, 3.63) is 107 Å². The molecule has 3 aromatic rings. The van der Waals surface area contributed by atoms with E-state index in [1.165, 1.54) is 6.07 Å². The van der Waals surface area contributed by atoms with Crippen LogP contribution in [0.2, 0.25) is 0 Å². The maximum absolute atomic E-state index is 11.4. The van der Waals surface area contributed by atoms with E-state index in [1.54, 1.807) is 79.7 Å². The molecule has 0 aliphatic carbocycles. The van der Waals surface area contributed by atoms with E-state index >= 15 is 0 Å². The minimum Gasteiger partial charge on any atom is -0.393 e. The molecule has 0 bridgehead atoms. The van der Waals surface area contributed by atoms with Crippen molar-refractivity contribution in [2.45, 2.75) is 51.3 Å². The quantitative estimate of drug-likeness (QED) is 0.349. The molecule has 0 aromatic heterocycles. The Morgan fingerprint density at radius 3 is 1.69 bits per heavy atom. The Morgan fingerprint density at radius 2 is 1.19 bits per heavy atom. The van der Waals surface area contributed by atoms with Crippen LogP contribution in [-0.2, 0) is 18.0 Å². The third kappa shape index (κ3) is 5.09. The Balaban J connectivity index is 2.25. The smallest absolute Gasteiger partial charge is 0.218 e. The fraction of sp³-hybridized carbons (Fsp3) is 0.333. The zero-order valence-electron chi connectivity index (χ0n) is 18.7. The second kappa shape index (κ2) is 9.14. The number of rotatable bonds is 8. The predicted octanol–water partition coefficient (Wildman–Crippen LogP) is 3.40. The molecule has 32 heavy (non-hydrogen) atoms. The van der Waals surface area contributed by atoms with Crippen molar-refractivity contribution < 1.29 is 25.5 Å². The zero-order chi connectivity index (χ0) is 23.6. The number of aliphatic hydroxyl groups is 5. The third-order valence-electron chi connectivity index (χ3n) is 5.74. The largest absolute Gasteiger partial charge is 0.393 e. The van der Waals surface area contributed by atoms with Gasteiger partial charge < -0.3 is 25.5 Å². The molecule has 0 heterocycles. The van der Waals surface area contributed by atoms with Gasteiger partial charge in [0.25, 0.3) is 0 Å². The lowest BCUT2D eigenvalue weighted by Gasteiger charge is -2.35. The highest BCUT2D eigenvalue weighted by Crippen LogP contribution is 2.41. The number of aliphatic hydroxyl groups excluding tert-OH is 1. The second-order valence-electron chi connectivity index (χ2n) is 9.31. The Morgan fingerprint density at radius 1 is 0.688 bits per heavy atom. The third-order valence-corrected chi connectivity index (χ3v) is 5.74. The molecular formula is C27H32O5. The highest BCUT2D eigenvalue weighted by Gasteiger charge is 2.41. The molecule has 0 spiro atoms. The SMILES string of the molecule is C[C@@H](O)CC(C)(C)Cc1cccc(C(O)(O)c2ccccc2)c1C(O)(O)c1ccccc1. The van der Waals surface area contributed by atoms with Gasteiger partial charge in [-0.05, 0) is 30.7 Å². The monoisotopic (exact) mass is 436 g/mol. The average Bonchev–Trinajstić information content (AvgIpc) is 2.73. The van der Waals surface area contributed by atoms with Gasteiger partial charge in [-0.25, -0.2) is 0 Å². The Labute approximate surface area is 189 Å². The maximum Gasteiger partial charge on any atom is 0.218 e. The van der Waals surface area contributed by atoms with Crippen LogP contribution in [0.5, 0.6) is 0 Å². The fourth-order valence-electron chi connectivity index (χ4n) is 4.48. The van der Waals surface area contributed by atoms with Gasteiger partial charge in [-0.15, -0.1) is 0 Å². The number of benzene rings is 3. The summed E-state index contributed by atoms with van der Waals surface area (Å²) >= 11 is 0.